The van der Waals surface area contributed by atoms with E-state index in [1.165, 1.54) is 0 Å². The summed E-state index contributed by atoms with van der Waals surface area (Å²) in [5.41, 5.74) is 0.675. The van der Waals surface area contributed by atoms with Gasteiger partial charge >= 0.3 is 0 Å². The smallest absolute Gasteiger partial charge is 0.127 e. The van der Waals surface area contributed by atoms with Gasteiger partial charge in [0.05, 0.1) is 11.6 Å². The number of hydrogen-bond acceptors (Lipinski definition) is 3. The van der Waals surface area contributed by atoms with Gasteiger partial charge in [0.15, 0.2) is 0 Å². The van der Waals surface area contributed by atoms with E-state index >= 15 is 0 Å². The third-order valence-electron chi connectivity index (χ3n) is 2.67. The zero-order valence-corrected chi connectivity index (χ0v) is 9.45. The molecule has 3 heteroatoms. The molecule has 1 aliphatic heterocycles. The lowest BCUT2D eigenvalue weighted by molar-refractivity contribution is 0.289. The van der Waals surface area contributed by atoms with Crippen LogP contribution in [0.2, 0.25) is 0 Å². The fourth-order valence-corrected chi connectivity index (χ4v) is 1.80. The number of phenols is 1. The van der Waals surface area contributed by atoms with Crippen LogP contribution in [0.3, 0.4) is 0 Å². The number of benzene rings is 1. The molecule has 3 nitrogen and oxygen atoms in total. The second kappa shape index (κ2) is 3.73. The van der Waals surface area contributed by atoms with Crippen LogP contribution in [0, 0.1) is 12.3 Å². The summed E-state index contributed by atoms with van der Waals surface area (Å²) in [7, 11) is 0. The summed E-state index contributed by atoms with van der Waals surface area (Å²) in [6.45, 7) is 4.45. The topological polar surface area (TPSA) is 41.5 Å². The Kier molecular flexibility index (Phi) is 2.53. The van der Waals surface area contributed by atoms with Gasteiger partial charge in [-0.25, -0.2) is 0 Å². The summed E-state index contributed by atoms with van der Waals surface area (Å²) in [6, 6.07) is 5.23. The summed E-state index contributed by atoms with van der Waals surface area (Å²) in [5.74, 6) is 3.64. The number of phenolic OH excluding ortho intramolecular Hbond substituents is 1. The minimum absolute atomic E-state index is 0.0849. The van der Waals surface area contributed by atoms with E-state index < -0.39 is 0 Å². The lowest BCUT2D eigenvalue weighted by atomic mass is 10.0. The number of terminal acetylenes is 1. The highest BCUT2D eigenvalue weighted by atomic mass is 16.5. The largest absolute Gasteiger partial charge is 0.508 e. The normalized spacial score (nSPS) is 18.7. The van der Waals surface area contributed by atoms with Crippen molar-refractivity contribution < 1.29 is 9.84 Å². The minimum Gasteiger partial charge on any atom is -0.508 e. The van der Waals surface area contributed by atoms with Crippen LogP contribution < -0.4 is 10.1 Å². The fourth-order valence-electron chi connectivity index (χ4n) is 1.80. The third-order valence-corrected chi connectivity index (χ3v) is 2.67. The highest BCUT2D eigenvalue weighted by molar-refractivity contribution is 5.44. The van der Waals surface area contributed by atoms with Gasteiger partial charge in [0, 0.05) is 11.6 Å². The van der Waals surface area contributed by atoms with Gasteiger partial charge < -0.3 is 9.84 Å². The molecule has 0 spiro atoms. The molecule has 0 fully saturated rings. The molecule has 1 aliphatic rings. The molecule has 1 atom stereocenters. The predicted molar refractivity (Wildman–Crippen MR) is 62.4 cm³/mol. The van der Waals surface area contributed by atoms with Gasteiger partial charge in [-0.3, -0.25) is 5.32 Å². The van der Waals surface area contributed by atoms with E-state index in [1.807, 2.05) is 19.9 Å². The van der Waals surface area contributed by atoms with E-state index in [0.717, 1.165) is 11.3 Å². The number of ether oxygens (including phenoxy) is 1. The van der Waals surface area contributed by atoms with Crippen LogP contribution in [0.5, 0.6) is 11.5 Å². The van der Waals surface area contributed by atoms with Crippen molar-refractivity contribution in [2.45, 2.75) is 25.4 Å². The average molecular weight is 217 g/mol. The first-order chi connectivity index (χ1) is 7.52. The number of aromatic hydroxyl groups is 1. The maximum absolute atomic E-state index is 9.33. The summed E-state index contributed by atoms with van der Waals surface area (Å²) >= 11 is 0. The third kappa shape index (κ3) is 1.98. The molecule has 0 saturated heterocycles. The van der Waals surface area contributed by atoms with Crippen LogP contribution in [-0.4, -0.2) is 17.3 Å². The first-order valence-corrected chi connectivity index (χ1v) is 5.23. The van der Waals surface area contributed by atoms with E-state index in [4.69, 9.17) is 11.2 Å². The Bertz CT molecular complexity index is 446. The lowest BCUT2D eigenvalue weighted by Gasteiger charge is -2.24. The number of nitrogens with one attached hydrogen (secondary N) is 1. The van der Waals surface area contributed by atoms with Crippen molar-refractivity contribution in [3.8, 4) is 23.8 Å². The number of fused-ring (bicyclic) bond motifs is 1. The van der Waals surface area contributed by atoms with Gasteiger partial charge in [-0.05, 0) is 26.0 Å². The van der Waals surface area contributed by atoms with Gasteiger partial charge in [0.1, 0.15) is 18.1 Å². The molecule has 0 aromatic heterocycles. The van der Waals surface area contributed by atoms with Crippen molar-refractivity contribution in [3.05, 3.63) is 23.8 Å². The Balaban J connectivity index is 2.22. The van der Waals surface area contributed by atoms with Crippen LogP contribution >= 0.6 is 0 Å². The Hall–Kier alpha value is -1.66. The molecule has 2 N–H and O–H groups in total. The van der Waals surface area contributed by atoms with Crippen LogP contribution in [0.1, 0.15) is 25.5 Å². The van der Waals surface area contributed by atoms with Crippen molar-refractivity contribution in [1.29, 1.82) is 0 Å². The molecule has 0 saturated carbocycles. The standard InChI is InChI=1S/C13H15NO2/c1-4-13(2,3)14-11-8-16-12-7-9(15)5-6-10(11)12/h1,5-7,11,14-15H,8H2,2-3H3. The summed E-state index contributed by atoms with van der Waals surface area (Å²) < 4.78 is 5.49. The monoisotopic (exact) mass is 217 g/mol. The zero-order chi connectivity index (χ0) is 11.8. The lowest BCUT2D eigenvalue weighted by Crippen LogP contribution is -2.40. The minimum atomic E-state index is -0.368. The molecule has 0 amide bonds. The Morgan fingerprint density at radius 2 is 2.31 bits per heavy atom. The first-order valence-electron chi connectivity index (χ1n) is 5.23. The van der Waals surface area contributed by atoms with Crippen molar-refractivity contribution in [2.75, 3.05) is 6.61 Å². The van der Waals surface area contributed by atoms with E-state index in [9.17, 15) is 5.11 Å². The van der Waals surface area contributed by atoms with Gasteiger partial charge in [-0.15, -0.1) is 6.42 Å². The van der Waals surface area contributed by atoms with Crippen molar-refractivity contribution >= 4 is 0 Å². The Labute approximate surface area is 95.4 Å². The summed E-state index contributed by atoms with van der Waals surface area (Å²) in [5, 5.41) is 12.7. The van der Waals surface area contributed by atoms with E-state index in [1.54, 1.807) is 12.1 Å². The average Bonchev–Trinajstić information content (AvgIpc) is 2.60. The molecule has 0 aliphatic carbocycles. The first kappa shape index (κ1) is 10.8. The van der Waals surface area contributed by atoms with E-state index in [0.29, 0.717) is 6.61 Å². The number of hydrogen-bond donors (Lipinski definition) is 2. The van der Waals surface area contributed by atoms with Crippen LogP contribution in [0.25, 0.3) is 0 Å². The molecule has 2 rings (SSSR count). The maximum atomic E-state index is 9.33. The van der Waals surface area contributed by atoms with Gasteiger partial charge in [0.2, 0.25) is 0 Å². The molecule has 1 heterocycles. The summed E-state index contributed by atoms with van der Waals surface area (Å²) in [6.07, 6.45) is 5.44. The van der Waals surface area contributed by atoms with Gasteiger partial charge in [-0.2, -0.15) is 0 Å². The van der Waals surface area contributed by atoms with Crippen LogP contribution in [0.4, 0.5) is 0 Å². The molecule has 16 heavy (non-hydrogen) atoms. The predicted octanol–water partition coefficient (Wildman–Crippen LogP) is 1.83. The molecular weight excluding hydrogens is 202 g/mol. The SMILES string of the molecule is C#CC(C)(C)NC1COc2cc(O)ccc21. The molecule has 0 bridgehead atoms. The molecule has 84 valence electrons. The highest BCUT2D eigenvalue weighted by Crippen LogP contribution is 2.35. The van der Waals surface area contributed by atoms with Gasteiger partial charge in [0.25, 0.3) is 0 Å². The Morgan fingerprint density at radius 3 is 3.00 bits per heavy atom. The van der Waals surface area contributed by atoms with E-state index in [-0.39, 0.29) is 17.3 Å². The Morgan fingerprint density at radius 1 is 1.56 bits per heavy atom. The maximum Gasteiger partial charge on any atom is 0.127 e. The highest BCUT2D eigenvalue weighted by Gasteiger charge is 2.28. The quantitative estimate of drug-likeness (QED) is 0.742. The second-order valence-electron chi connectivity index (χ2n) is 4.50. The molecule has 1 aromatic carbocycles. The fraction of sp³-hybridized carbons (Fsp3) is 0.385. The van der Waals surface area contributed by atoms with Crippen LogP contribution in [-0.2, 0) is 0 Å². The second-order valence-corrected chi connectivity index (χ2v) is 4.50. The molecular formula is C13H15NO2. The summed E-state index contributed by atoms with van der Waals surface area (Å²) in [4.78, 5) is 0. The molecule has 0 radical (unpaired) electrons. The van der Waals surface area contributed by atoms with Crippen molar-refractivity contribution in [1.82, 2.24) is 5.32 Å². The van der Waals surface area contributed by atoms with Crippen molar-refractivity contribution in [2.24, 2.45) is 0 Å². The van der Waals surface area contributed by atoms with Crippen molar-refractivity contribution in [3.63, 3.8) is 0 Å². The van der Waals surface area contributed by atoms with E-state index in [2.05, 4.69) is 11.2 Å². The van der Waals surface area contributed by atoms with Gasteiger partial charge in [-0.1, -0.05) is 5.92 Å². The van der Waals surface area contributed by atoms with Crippen LogP contribution in [0.15, 0.2) is 18.2 Å². The molecule has 1 unspecified atom stereocenters. The number of rotatable bonds is 2. The zero-order valence-electron chi connectivity index (χ0n) is 9.45. The molecule has 1 aromatic rings.